The largest absolute Gasteiger partial charge is 0.289 e. The molecule has 0 saturated heterocycles. The minimum atomic E-state index is 0.0982. The summed E-state index contributed by atoms with van der Waals surface area (Å²) in [7, 11) is 0. The number of benzene rings is 1. The molecule has 0 saturated carbocycles. The van der Waals surface area contributed by atoms with Crippen LogP contribution in [0.15, 0.2) is 39.4 Å². The number of thioether (sulfide) groups is 1. The van der Waals surface area contributed by atoms with Gasteiger partial charge in [0.25, 0.3) is 0 Å². The summed E-state index contributed by atoms with van der Waals surface area (Å²) in [6.45, 7) is 0. The van der Waals surface area contributed by atoms with Gasteiger partial charge < -0.3 is 0 Å². The molecule has 0 bridgehead atoms. The van der Waals surface area contributed by atoms with Crippen LogP contribution in [-0.2, 0) is 0 Å². The van der Waals surface area contributed by atoms with E-state index in [0.29, 0.717) is 15.8 Å². The Morgan fingerprint density at radius 1 is 1.21 bits per heavy atom. The van der Waals surface area contributed by atoms with Crippen molar-refractivity contribution in [2.45, 2.75) is 4.21 Å². The lowest BCUT2D eigenvalue weighted by Gasteiger charge is -2.13. The fourth-order valence-electron chi connectivity index (χ4n) is 1.87. The van der Waals surface area contributed by atoms with Gasteiger partial charge in [0.2, 0.25) is 0 Å². The SMILES string of the molecule is O=C1/C(=C\c2ccc(Cl)cc2Cl)CSc2sccc21. The van der Waals surface area contributed by atoms with Crippen LogP contribution in [0.3, 0.4) is 0 Å². The molecule has 19 heavy (non-hydrogen) atoms. The molecule has 1 aromatic heterocycles. The van der Waals surface area contributed by atoms with Gasteiger partial charge in [-0.1, -0.05) is 29.3 Å². The van der Waals surface area contributed by atoms with Crippen molar-refractivity contribution < 1.29 is 4.79 Å². The second-order valence-electron chi connectivity index (χ2n) is 4.07. The van der Waals surface area contributed by atoms with Crippen molar-refractivity contribution in [3.63, 3.8) is 0 Å². The molecule has 0 spiro atoms. The molecule has 2 heterocycles. The molecule has 0 fully saturated rings. The second-order valence-corrected chi connectivity index (χ2v) is 7.08. The molecular weight excluding hydrogens is 319 g/mol. The Bertz CT molecular complexity index is 689. The number of Topliss-reactive ketones (excluding diaryl/α,β-unsaturated/α-hetero) is 1. The van der Waals surface area contributed by atoms with E-state index < -0.39 is 0 Å². The van der Waals surface area contributed by atoms with E-state index in [0.717, 1.165) is 20.9 Å². The van der Waals surface area contributed by atoms with E-state index in [-0.39, 0.29) is 5.78 Å². The van der Waals surface area contributed by atoms with Crippen LogP contribution in [0.5, 0.6) is 0 Å². The Balaban J connectivity index is 1.99. The van der Waals surface area contributed by atoms with Crippen LogP contribution in [0.1, 0.15) is 15.9 Å². The standard InChI is InChI=1S/C14H8Cl2OS2/c15-10-2-1-8(12(16)6-10)5-9-7-19-14-11(13(9)17)3-4-18-14/h1-6H,7H2/b9-5-. The molecular formula is C14H8Cl2OS2. The van der Waals surface area contributed by atoms with Gasteiger partial charge in [0.1, 0.15) is 0 Å². The van der Waals surface area contributed by atoms with E-state index in [1.807, 2.05) is 23.6 Å². The quantitative estimate of drug-likeness (QED) is 0.650. The zero-order valence-electron chi connectivity index (χ0n) is 9.65. The summed E-state index contributed by atoms with van der Waals surface area (Å²) in [4.78, 5) is 12.3. The molecule has 0 N–H and O–H groups in total. The number of fused-ring (bicyclic) bond motifs is 1. The lowest BCUT2D eigenvalue weighted by atomic mass is 10.0. The van der Waals surface area contributed by atoms with Crippen LogP contribution >= 0.6 is 46.3 Å². The van der Waals surface area contributed by atoms with E-state index in [2.05, 4.69) is 0 Å². The van der Waals surface area contributed by atoms with Gasteiger partial charge >= 0.3 is 0 Å². The fourth-order valence-corrected chi connectivity index (χ4v) is 4.38. The maximum atomic E-state index is 12.3. The van der Waals surface area contributed by atoms with E-state index >= 15 is 0 Å². The van der Waals surface area contributed by atoms with E-state index in [1.165, 1.54) is 0 Å². The highest BCUT2D eigenvalue weighted by atomic mass is 35.5. The lowest BCUT2D eigenvalue weighted by Crippen LogP contribution is -2.10. The van der Waals surface area contributed by atoms with Gasteiger partial charge in [-0.2, -0.15) is 0 Å². The summed E-state index contributed by atoms with van der Waals surface area (Å²) in [5.74, 6) is 0.784. The number of rotatable bonds is 1. The molecule has 0 amide bonds. The summed E-state index contributed by atoms with van der Waals surface area (Å²) < 4.78 is 1.10. The Hall–Kier alpha value is -0.740. The summed E-state index contributed by atoms with van der Waals surface area (Å²) in [6, 6.07) is 7.17. The van der Waals surface area contributed by atoms with Gasteiger partial charge in [-0.3, -0.25) is 4.79 Å². The van der Waals surface area contributed by atoms with Gasteiger partial charge in [-0.05, 0) is 35.2 Å². The third kappa shape index (κ3) is 2.61. The topological polar surface area (TPSA) is 17.1 Å². The average Bonchev–Trinajstić information content (AvgIpc) is 2.85. The number of carbonyl (C=O) groups is 1. The number of halogens is 2. The highest BCUT2D eigenvalue weighted by Gasteiger charge is 2.23. The predicted molar refractivity (Wildman–Crippen MR) is 83.8 cm³/mol. The summed E-state index contributed by atoms with van der Waals surface area (Å²) >= 11 is 15.3. The first-order valence-electron chi connectivity index (χ1n) is 5.56. The number of hydrogen-bond acceptors (Lipinski definition) is 3. The van der Waals surface area contributed by atoms with Crippen LogP contribution in [0, 0.1) is 0 Å². The molecule has 1 aromatic carbocycles. The van der Waals surface area contributed by atoms with Crippen LogP contribution in [-0.4, -0.2) is 11.5 Å². The zero-order chi connectivity index (χ0) is 13.4. The molecule has 3 rings (SSSR count). The Labute approximate surface area is 129 Å². The molecule has 5 heteroatoms. The van der Waals surface area contributed by atoms with Crippen LogP contribution < -0.4 is 0 Å². The fraction of sp³-hybridized carbons (Fsp3) is 0.0714. The van der Waals surface area contributed by atoms with Crippen molar-refractivity contribution in [1.29, 1.82) is 0 Å². The number of ketones is 1. The minimum absolute atomic E-state index is 0.0982. The minimum Gasteiger partial charge on any atom is -0.289 e. The molecule has 1 nitrogen and oxygen atoms in total. The third-order valence-corrected chi connectivity index (χ3v) is 5.67. The van der Waals surface area contributed by atoms with E-state index in [1.54, 1.807) is 35.2 Å². The van der Waals surface area contributed by atoms with Crippen LogP contribution in [0.4, 0.5) is 0 Å². The molecule has 1 aliphatic heterocycles. The smallest absolute Gasteiger partial charge is 0.191 e. The van der Waals surface area contributed by atoms with Crippen molar-refractivity contribution in [3.05, 3.63) is 56.4 Å². The Morgan fingerprint density at radius 2 is 2.05 bits per heavy atom. The van der Waals surface area contributed by atoms with Crippen molar-refractivity contribution in [2.75, 3.05) is 5.75 Å². The highest BCUT2D eigenvalue weighted by Crippen LogP contribution is 2.37. The molecule has 0 atom stereocenters. The monoisotopic (exact) mass is 326 g/mol. The molecule has 0 radical (unpaired) electrons. The first kappa shape index (κ1) is 13.3. The maximum absolute atomic E-state index is 12.3. The van der Waals surface area contributed by atoms with E-state index in [9.17, 15) is 4.79 Å². The highest BCUT2D eigenvalue weighted by molar-refractivity contribution is 8.01. The van der Waals surface area contributed by atoms with Crippen molar-refractivity contribution >= 4 is 58.2 Å². The number of thiophene rings is 1. The molecule has 0 aliphatic carbocycles. The molecule has 0 unspecified atom stereocenters. The van der Waals surface area contributed by atoms with Gasteiger partial charge in [-0.25, -0.2) is 0 Å². The van der Waals surface area contributed by atoms with Crippen molar-refractivity contribution in [1.82, 2.24) is 0 Å². The summed E-state index contributed by atoms with van der Waals surface area (Å²) in [6.07, 6.45) is 1.86. The number of hydrogen-bond donors (Lipinski definition) is 0. The normalized spacial score (nSPS) is 16.7. The van der Waals surface area contributed by atoms with Crippen molar-refractivity contribution in [3.8, 4) is 0 Å². The Morgan fingerprint density at radius 3 is 2.84 bits per heavy atom. The first-order chi connectivity index (χ1) is 9.15. The zero-order valence-corrected chi connectivity index (χ0v) is 12.8. The maximum Gasteiger partial charge on any atom is 0.191 e. The first-order valence-corrected chi connectivity index (χ1v) is 8.18. The van der Waals surface area contributed by atoms with E-state index in [4.69, 9.17) is 23.2 Å². The van der Waals surface area contributed by atoms with Crippen LogP contribution in [0.2, 0.25) is 10.0 Å². The summed E-state index contributed by atoms with van der Waals surface area (Å²) in [5.41, 5.74) is 2.41. The molecule has 2 aromatic rings. The molecule has 1 aliphatic rings. The van der Waals surface area contributed by atoms with Gasteiger partial charge in [0, 0.05) is 26.9 Å². The van der Waals surface area contributed by atoms with Crippen molar-refractivity contribution in [2.24, 2.45) is 0 Å². The van der Waals surface area contributed by atoms with Gasteiger partial charge in [0.05, 0.1) is 4.21 Å². The predicted octanol–water partition coefficient (Wildman–Crippen LogP) is 5.43. The second kappa shape index (κ2) is 5.33. The molecule has 96 valence electrons. The van der Waals surface area contributed by atoms with Crippen LogP contribution in [0.25, 0.3) is 6.08 Å². The third-order valence-electron chi connectivity index (χ3n) is 2.82. The lowest BCUT2D eigenvalue weighted by molar-refractivity contribution is 0.103. The summed E-state index contributed by atoms with van der Waals surface area (Å²) in [5, 5.41) is 3.11. The average molecular weight is 327 g/mol. The van der Waals surface area contributed by atoms with Gasteiger partial charge in [0.15, 0.2) is 5.78 Å². The number of carbonyl (C=O) groups excluding carboxylic acids is 1. The Kier molecular flexibility index (Phi) is 3.72. The van der Waals surface area contributed by atoms with Gasteiger partial charge in [-0.15, -0.1) is 23.1 Å².